The summed E-state index contributed by atoms with van der Waals surface area (Å²) in [5.74, 6) is -0.217. The molecule has 0 radical (unpaired) electrons. The number of piperidine rings is 1. The Morgan fingerprint density at radius 3 is 2.61 bits per heavy atom. The van der Waals surface area contributed by atoms with Crippen LogP contribution in [0.5, 0.6) is 0 Å². The quantitative estimate of drug-likeness (QED) is 0.660. The van der Waals surface area contributed by atoms with E-state index >= 15 is 0 Å². The van der Waals surface area contributed by atoms with Crippen molar-refractivity contribution in [2.24, 2.45) is 5.41 Å². The minimum atomic E-state index is -0.217. The van der Waals surface area contributed by atoms with Gasteiger partial charge < -0.3 is 20.3 Å². The summed E-state index contributed by atoms with van der Waals surface area (Å²) < 4.78 is 6.84. The van der Waals surface area contributed by atoms with Crippen molar-refractivity contribution in [3.05, 3.63) is 47.8 Å². The number of ether oxygens (including phenoxy) is 1. The number of nitrogens with one attached hydrogen (secondary N) is 2. The molecule has 1 spiro atoms. The van der Waals surface area contributed by atoms with E-state index in [1.54, 1.807) is 13.3 Å². The third-order valence-electron chi connectivity index (χ3n) is 6.61. The van der Waals surface area contributed by atoms with Crippen LogP contribution in [0, 0.1) is 5.41 Å². The molecule has 1 aromatic carbocycles. The Kier molecular flexibility index (Phi) is 6.50. The second kappa shape index (κ2) is 9.47. The lowest BCUT2D eigenvalue weighted by atomic mass is 9.59. The van der Waals surface area contributed by atoms with Gasteiger partial charge in [-0.15, -0.1) is 5.10 Å². The minimum absolute atomic E-state index is 0.0269. The highest BCUT2D eigenvalue weighted by atomic mass is 16.5. The van der Waals surface area contributed by atoms with Gasteiger partial charge >= 0.3 is 6.03 Å². The van der Waals surface area contributed by atoms with E-state index in [0.717, 1.165) is 44.3 Å². The van der Waals surface area contributed by atoms with Crippen LogP contribution in [0.4, 0.5) is 4.79 Å². The van der Waals surface area contributed by atoms with Gasteiger partial charge in [0.05, 0.1) is 18.8 Å². The molecule has 9 heteroatoms. The number of aromatic nitrogens is 3. The summed E-state index contributed by atoms with van der Waals surface area (Å²) in [5, 5.41) is 14.2. The van der Waals surface area contributed by atoms with Crippen molar-refractivity contribution in [2.45, 2.75) is 38.3 Å². The maximum atomic E-state index is 12.5. The lowest BCUT2D eigenvalue weighted by Gasteiger charge is -2.53. The van der Waals surface area contributed by atoms with Crippen LogP contribution in [0.25, 0.3) is 0 Å². The number of carbonyl (C=O) groups is 2. The lowest BCUT2D eigenvalue weighted by Crippen LogP contribution is -2.53. The Hall–Kier alpha value is -2.94. The molecule has 1 aliphatic carbocycles. The first-order valence-electron chi connectivity index (χ1n) is 10.9. The van der Waals surface area contributed by atoms with Gasteiger partial charge in [0.2, 0.25) is 0 Å². The second-order valence-electron chi connectivity index (χ2n) is 8.38. The molecule has 31 heavy (non-hydrogen) atoms. The van der Waals surface area contributed by atoms with Crippen LogP contribution in [-0.2, 0) is 11.3 Å². The molecule has 2 heterocycles. The highest BCUT2D eigenvalue weighted by molar-refractivity contribution is 5.91. The van der Waals surface area contributed by atoms with Crippen LogP contribution >= 0.6 is 0 Å². The lowest BCUT2D eigenvalue weighted by molar-refractivity contribution is -0.0229. The van der Waals surface area contributed by atoms with E-state index in [1.807, 2.05) is 39.9 Å². The third-order valence-corrected chi connectivity index (χ3v) is 6.61. The van der Waals surface area contributed by atoms with E-state index < -0.39 is 0 Å². The van der Waals surface area contributed by atoms with Gasteiger partial charge in [0.25, 0.3) is 5.91 Å². The Morgan fingerprint density at radius 2 is 1.94 bits per heavy atom. The molecule has 1 saturated heterocycles. The van der Waals surface area contributed by atoms with Crippen LogP contribution in [0.2, 0.25) is 0 Å². The van der Waals surface area contributed by atoms with E-state index in [1.165, 1.54) is 0 Å². The first kappa shape index (κ1) is 21.3. The fourth-order valence-electron chi connectivity index (χ4n) is 4.61. The molecule has 1 aromatic heterocycles. The van der Waals surface area contributed by atoms with Crippen LogP contribution in [-0.4, -0.2) is 65.2 Å². The maximum Gasteiger partial charge on any atom is 0.317 e. The smallest absolute Gasteiger partial charge is 0.317 e. The van der Waals surface area contributed by atoms with Crippen molar-refractivity contribution in [3.8, 4) is 0 Å². The molecule has 2 aromatic rings. The maximum absolute atomic E-state index is 12.5. The Morgan fingerprint density at radius 1 is 1.16 bits per heavy atom. The standard InChI is InChI=1S/C22H30N6O3/c1-31-14-11-23-21(30)27-12-9-22(10-13-27)8-7-19(22)28-16-18(25-26-28)20(29)24-15-17-5-3-2-4-6-17/h2-6,16,19H,7-15H2,1H3,(H,23,30)(H,24,29). The summed E-state index contributed by atoms with van der Waals surface area (Å²) in [7, 11) is 1.62. The summed E-state index contributed by atoms with van der Waals surface area (Å²) in [6, 6.07) is 9.99. The number of nitrogens with zero attached hydrogens (tertiary/aromatic N) is 4. The summed E-state index contributed by atoms with van der Waals surface area (Å²) in [6.07, 6.45) is 5.77. The minimum Gasteiger partial charge on any atom is -0.383 e. The zero-order valence-corrected chi connectivity index (χ0v) is 17.9. The van der Waals surface area contributed by atoms with Crippen molar-refractivity contribution in [3.63, 3.8) is 0 Å². The SMILES string of the molecule is COCCNC(=O)N1CCC2(CCC2n2cc(C(=O)NCc3ccccc3)nn2)CC1. The average Bonchev–Trinajstić information content (AvgIpc) is 3.27. The summed E-state index contributed by atoms with van der Waals surface area (Å²) >= 11 is 0. The molecule has 1 aliphatic heterocycles. The molecule has 4 rings (SSSR count). The van der Waals surface area contributed by atoms with Gasteiger partial charge in [-0.1, -0.05) is 35.5 Å². The molecule has 9 nitrogen and oxygen atoms in total. The van der Waals surface area contributed by atoms with E-state index in [0.29, 0.717) is 25.4 Å². The molecule has 1 saturated carbocycles. The Bertz CT molecular complexity index is 892. The fourth-order valence-corrected chi connectivity index (χ4v) is 4.61. The van der Waals surface area contributed by atoms with Gasteiger partial charge in [0.1, 0.15) is 0 Å². The van der Waals surface area contributed by atoms with Gasteiger partial charge in [-0.25, -0.2) is 9.48 Å². The summed E-state index contributed by atoms with van der Waals surface area (Å²) in [6.45, 7) is 2.96. The zero-order valence-electron chi connectivity index (χ0n) is 17.9. The number of benzene rings is 1. The molecule has 1 unspecified atom stereocenters. The van der Waals surface area contributed by atoms with E-state index in [2.05, 4.69) is 20.9 Å². The van der Waals surface area contributed by atoms with E-state index in [4.69, 9.17) is 4.74 Å². The molecular weight excluding hydrogens is 396 g/mol. The van der Waals surface area contributed by atoms with Gasteiger partial charge in [0, 0.05) is 33.3 Å². The van der Waals surface area contributed by atoms with Gasteiger partial charge in [-0.05, 0) is 36.7 Å². The van der Waals surface area contributed by atoms with Crippen molar-refractivity contribution in [1.82, 2.24) is 30.5 Å². The molecule has 1 atom stereocenters. The summed E-state index contributed by atoms with van der Waals surface area (Å²) in [5.41, 5.74) is 1.52. The molecule has 3 amide bonds. The van der Waals surface area contributed by atoms with Crippen LogP contribution in [0.3, 0.4) is 0 Å². The topological polar surface area (TPSA) is 101 Å². The first-order valence-corrected chi connectivity index (χ1v) is 10.9. The van der Waals surface area contributed by atoms with Crippen molar-refractivity contribution in [1.29, 1.82) is 0 Å². The molecule has 166 valence electrons. The predicted octanol–water partition coefficient (Wildman–Crippen LogP) is 1.98. The number of urea groups is 1. The molecule has 0 bridgehead atoms. The highest BCUT2D eigenvalue weighted by Crippen LogP contribution is 2.56. The number of amides is 3. The van der Waals surface area contributed by atoms with Crippen LogP contribution in [0.15, 0.2) is 36.5 Å². The van der Waals surface area contributed by atoms with Gasteiger partial charge in [-0.2, -0.15) is 0 Å². The predicted molar refractivity (Wildman–Crippen MR) is 114 cm³/mol. The monoisotopic (exact) mass is 426 g/mol. The number of methoxy groups -OCH3 is 1. The number of carbonyl (C=O) groups excluding carboxylic acids is 2. The number of hydrogen-bond acceptors (Lipinski definition) is 5. The van der Waals surface area contributed by atoms with Crippen molar-refractivity contribution >= 4 is 11.9 Å². The summed E-state index contributed by atoms with van der Waals surface area (Å²) in [4.78, 5) is 26.6. The highest BCUT2D eigenvalue weighted by Gasteiger charge is 2.50. The Balaban J connectivity index is 1.30. The first-order chi connectivity index (χ1) is 15.1. The van der Waals surface area contributed by atoms with Gasteiger partial charge in [0.15, 0.2) is 5.69 Å². The molecule has 2 fully saturated rings. The third kappa shape index (κ3) is 4.71. The van der Waals surface area contributed by atoms with Crippen LogP contribution < -0.4 is 10.6 Å². The second-order valence-corrected chi connectivity index (χ2v) is 8.38. The Labute approximate surface area is 182 Å². The average molecular weight is 427 g/mol. The van der Waals surface area contributed by atoms with E-state index in [9.17, 15) is 9.59 Å². The fraction of sp³-hybridized carbons (Fsp3) is 0.545. The molecular formula is C22H30N6O3. The molecule has 2 N–H and O–H groups in total. The van der Waals surface area contributed by atoms with Crippen molar-refractivity contribution < 1.29 is 14.3 Å². The largest absolute Gasteiger partial charge is 0.383 e. The number of hydrogen-bond donors (Lipinski definition) is 2. The molecule has 2 aliphatic rings. The van der Waals surface area contributed by atoms with E-state index in [-0.39, 0.29) is 23.4 Å². The van der Waals surface area contributed by atoms with Crippen LogP contribution in [0.1, 0.15) is 47.8 Å². The van der Waals surface area contributed by atoms with Crippen molar-refractivity contribution in [2.75, 3.05) is 33.4 Å². The normalized spacial score (nSPS) is 19.6. The zero-order chi connectivity index (χ0) is 21.7. The number of likely N-dealkylation sites (tertiary alicyclic amines) is 1. The van der Waals surface area contributed by atoms with Gasteiger partial charge in [-0.3, -0.25) is 4.79 Å². The number of rotatable bonds is 7.